The normalized spacial score (nSPS) is 13.0. The number of rotatable bonds is 22. The minimum Gasteiger partial charge on any atom is -0.504 e. The molecule has 53 heavy (non-hydrogen) atoms. The van der Waals surface area contributed by atoms with Gasteiger partial charge in [-0.05, 0) is 78.1 Å². The molecule has 3 aromatic carbocycles. The van der Waals surface area contributed by atoms with Crippen molar-refractivity contribution in [3.8, 4) is 23.0 Å². The first-order valence-electron chi connectivity index (χ1n) is 20.4. The molecule has 0 fully saturated rings. The molecule has 0 aliphatic rings. The molecule has 0 aromatic heterocycles. The molecule has 2 N–H and O–H groups in total. The van der Waals surface area contributed by atoms with E-state index in [1.807, 2.05) is 25.1 Å². The van der Waals surface area contributed by atoms with Gasteiger partial charge in [-0.3, -0.25) is 4.99 Å². The molecule has 1 unspecified atom stereocenters. The predicted octanol–water partition coefficient (Wildman–Crippen LogP) is 12.2. The summed E-state index contributed by atoms with van der Waals surface area (Å²) in [6.45, 7) is 20.6. The fraction of sp³-hybridized carbons (Fsp3) is 0.596. The van der Waals surface area contributed by atoms with Gasteiger partial charge in [-0.1, -0.05) is 138 Å². The predicted molar refractivity (Wildman–Crippen MR) is 223 cm³/mol. The summed E-state index contributed by atoms with van der Waals surface area (Å²) in [5, 5.41) is 24.6. The van der Waals surface area contributed by atoms with Crippen LogP contribution in [0.15, 0.2) is 59.6 Å². The first-order chi connectivity index (χ1) is 25.2. The monoisotopic (exact) mass is 730 g/mol. The zero-order chi connectivity index (χ0) is 39.1. The Morgan fingerprint density at radius 3 is 1.53 bits per heavy atom. The Balaban J connectivity index is 2.23. The lowest BCUT2D eigenvalue weighted by Crippen LogP contribution is -2.39. The van der Waals surface area contributed by atoms with E-state index in [0.29, 0.717) is 47.2 Å². The number of ether oxygens (including phenoxy) is 3. The second-order valence-electron chi connectivity index (χ2n) is 16.8. The number of benzene rings is 3. The molecule has 6 heteroatoms. The molecular formula is C47H71NO5. The standard InChI is InChI=1S/C47H71NO5/c1-11-13-15-17-19-21-30-52-41-28-26-37(45(4,5)6)32-39(41)47(50,35(3)48-34-36-24-23-25-43(51-10)44(36)49)40-33-38(46(7,8)9)27-29-42(40)53-31-22-20-18-16-14-12-2/h23-29,32-35,49-50H,11-22,30-31H2,1-10H3. The summed E-state index contributed by atoms with van der Waals surface area (Å²) >= 11 is 0. The fourth-order valence-corrected chi connectivity index (χ4v) is 6.67. The second kappa shape index (κ2) is 20.8. The Bertz CT molecular complexity index is 1480. The van der Waals surface area contributed by atoms with E-state index in [4.69, 9.17) is 19.2 Å². The maximum atomic E-state index is 13.7. The van der Waals surface area contributed by atoms with Gasteiger partial charge in [-0.2, -0.15) is 0 Å². The first kappa shape index (κ1) is 43.9. The maximum absolute atomic E-state index is 13.7. The minimum absolute atomic E-state index is 0.00451. The van der Waals surface area contributed by atoms with Crippen LogP contribution in [0.5, 0.6) is 23.0 Å². The highest BCUT2D eigenvalue weighted by atomic mass is 16.5. The van der Waals surface area contributed by atoms with Crippen molar-refractivity contribution in [2.45, 2.75) is 162 Å². The van der Waals surface area contributed by atoms with Crippen molar-refractivity contribution in [2.24, 2.45) is 4.99 Å². The topological polar surface area (TPSA) is 80.5 Å². The maximum Gasteiger partial charge on any atom is 0.166 e. The largest absolute Gasteiger partial charge is 0.504 e. The Morgan fingerprint density at radius 2 is 1.09 bits per heavy atom. The van der Waals surface area contributed by atoms with Gasteiger partial charge in [0.25, 0.3) is 0 Å². The highest BCUT2D eigenvalue weighted by Gasteiger charge is 2.43. The summed E-state index contributed by atoms with van der Waals surface area (Å²) in [5.74, 6) is 1.65. The van der Waals surface area contributed by atoms with Crippen LogP contribution in [0.25, 0.3) is 0 Å². The summed E-state index contributed by atoms with van der Waals surface area (Å²) in [7, 11) is 1.53. The third-order valence-corrected chi connectivity index (χ3v) is 10.3. The molecule has 294 valence electrons. The van der Waals surface area contributed by atoms with Crippen molar-refractivity contribution in [1.29, 1.82) is 0 Å². The molecule has 0 amide bonds. The van der Waals surface area contributed by atoms with Gasteiger partial charge >= 0.3 is 0 Å². The minimum atomic E-state index is -1.67. The number of methoxy groups -OCH3 is 1. The molecule has 0 aliphatic heterocycles. The molecule has 3 aromatic rings. The van der Waals surface area contributed by atoms with Crippen LogP contribution in [0.3, 0.4) is 0 Å². The van der Waals surface area contributed by atoms with Crippen molar-refractivity contribution in [3.63, 3.8) is 0 Å². The van der Waals surface area contributed by atoms with Crippen LogP contribution in [-0.2, 0) is 16.4 Å². The molecule has 0 aliphatic carbocycles. The Kier molecular flexibility index (Phi) is 17.2. The van der Waals surface area contributed by atoms with E-state index in [0.717, 1.165) is 36.8 Å². The SMILES string of the molecule is CCCCCCCCOc1ccc(C(C)(C)C)cc1C(O)(c1cc(C(C)(C)C)ccc1OCCCCCCCC)C(C)N=Cc1cccc(OC)c1O. The van der Waals surface area contributed by atoms with Crippen LogP contribution in [-0.4, -0.2) is 42.8 Å². The number of hydrogen-bond donors (Lipinski definition) is 2. The van der Waals surface area contributed by atoms with Crippen molar-refractivity contribution in [1.82, 2.24) is 0 Å². The molecule has 1 atom stereocenters. The average molecular weight is 730 g/mol. The van der Waals surface area contributed by atoms with Crippen molar-refractivity contribution in [2.75, 3.05) is 20.3 Å². The lowest BCUT2D eigenvalue weighted by atomic mass is 9.75. The van der Waals surface area contributed by atoms with Gasteiger partial charge in [0.2, 0.25) is 0 Å². The van der Waals surface area contributed by atoms with E-state index < -0.39 is 11.6 Å². The number of phenolic OH excluding ortho intramolecular Hbond substituents is 1. The average Bonchev–Trinajstić information content (AvgIpc) is 3.12. The second-order valence-corrected chi connectivity index (χ2v) is 16.8. The third kappa shape index (κ3) is 12.5. The lowest BCUT2D eigenvalue weighted by Gasteiger charge is -2.37. The van der Waals surface area contributed by atoms with Crippen LogP contribution in [0.1, 0.15) is 167 Å². The summed E-state index contributed by atoms with van der Waals surface area (Å²) < 4.78 is 18.6. The highest BCUT2D eigenvalue weighted by molar-refractivity contribution is 5.85. The Labute approximate surface area is 322 Å². The summed E-state index contributed by atoms with van der Waals surface area (Å²) in [6, 6.07) is 17.1. The van der Waals surface area contributed by atoms with Crippen molar-refractivity contribution in [3.05, 3.63) is 82.4 Å². The molecule has 3 rings (SSSR count). The number of phenols is 1. The first-order valence-corrected chi connectivity index (χ1v) is 20.4. The summed E-state index contributed by atoms with van der Waals surface area (Å²) in [5.41, 5.74) is 1.96. The van der Waals surface area contributed by atoms with E-state index in [-0.39, 0.29) is 16.6 Å². The fourth-order valence-electron chi connectivity index (χ4n) is 6.67. The van der Waals surface area contributed by atoms with Crippen LogP contribution < -0.4 is 14.2 Å². The quantitative estimate of drug-likeness (QED) is 0.0795. The van der Waals surface area contributed by atoms with E-state index in [1.165, 1.54) is 58.5 Å². The molecule has 0 bridgehead atoms. The van der Waals surface area contributed by atoms with Gasteiger partial charge in [-0.15, -0.1) is 0 Å². The molecule has 0 radical (unpaired) electrons. The third-order valence-electron chi connectivity index (χ3n) is 10.3. The van der Waals surface area contributed by atoms with Crippen LogP contribution in [0.4, 0.5) is 0 Å². The molecular weight excluding hydrogens is 659 g/mol. The molecule has 0 spiro atoms. The van der Waals surface area contributed by atoms with Crippen molar-refractivity contribution >= 4 is 6.21 Å². The number of hydrogen-bond acceptors (Lipinski definition) is 6. The molecule has 0 saturated heterocycles. The number of aromatic hydroxyl groups is 1. The van der Waals surface area contributed by atoms with Gasteiger partial charge in [0.1, 0.15) is 17.1 Å². The number of para-hydroxylation sites is 1. The number of nitrogens with zero attached hydrogens (tertiary/aromatic N) is 1. The Morgan fingerprint density at radius 1 is 0.642 bits per heavy atom. The number of aliphatic hydroxyl groups is 1. The Hall–Kier alpha value is -3.51. The molecule has 0 saturated carbocycles. The van der Waals surface area contributed by atoms with E-state index in [9.17, 15) is 10.2 Å². The molecule has 0 heterocycles. The van der Waals surface area contributed by atoms with Crippen molar-refractivity contribution < 1.29 is 24.4 Å². The number of aliphatic imine (C=N–C) groups is 1. The zero-order valence-corrected chi connectivity index (χ0v) is 34.8. The number of unbranched alkanes of at least 4 members (excludes halogenated alkanes) is 10. The zero-order valence-electron chi connectivity index (χ0n) is 34.8. The van der Waals surface area contributed by atoms with E-state index in [2.05, 4.69) is 79.7 Å². The van der Waals surface area contributed by atoms with Crippen LogP contribution >= 0.6 is 0 Å². The van der Waals surface area contributed by atoms with E-state index >= 15 is 0 Å². The van der Waals surface area contributed by atoms with Gasteiger partial charge in [0.05, 0.1) is 26.4 Å². The van der Waals surface area contributed by atoms with Gasteiger partial charge in [0.15, 0.2) is 11.5 Å². The van der Waals surface area contributed by atoms with Crippen LogP contribution in [0, 0.1) is 0 Å². The van der Waals surface area contributed by atoms with Gasteiger partial charge < -0.3 is 24.4 Å². The van der Waals surface area contributed by atoms with Crippen LogP contribution in [0.2, 0.25) is 0 Å². The van der Waals surface area contributed by atoms with E-state index in [1.54, 1.807) is 18.3 Å². The smallest absolute Gasteiger partial charge is 0.166 e. The summed E-state index contributed by atoms with van der Waals surface area (Å²) in [6.07, 6.45) is 15.6. The lowest BCUT2D eigenvalue weighted by molar-refractivity contribution is 0.0519. The van der Waals surface area contributed by atoms with Gasteiger partial charge in [-0.25, -0.2) is 0 Å². The molecule has 6 nitrogen and oxygen atoms in total. The highest BCUT2D eigenvalue weighted by Crippen LogP contribution is 2.46. The van der Waals surface area contributed by atoms with Gasteiger partial charge in [0, 0.05) is 22.9 Å². The summed E-state index contributed by atoms with van der Waals surface area (Å²) in [4.78, 5) is 5.00.